The van der Waals surface area contributed by atoms with Crippen molar-refractivity contribution in [2.45, 2.75) is 18.7 Å². The van der Waals surface area contributed by atoms with E-state index in [1.54, 1.807) is 18.2 Å². The van der Waals surface area contributed by atoms with E-state index in [1.165, 1.54) is 36.0 Å². The normalized spacial score (nSPS) is 10.4. The maximum atomic E-state index is 12.4. The van der Waals surface area contributed by atoms with Crippen molar-refractivity contribution < 1.29 is 14.5 Å². The minimum atomic E-state index is -0.515. The van der Waals surface area contributed by atoms with Gasteiger partial charge in [0.05, 0.1) is 10.7 Å². The summed E-state index contributed by atoms with van der Waals surface area (Å²) in [6.07, 6.45) is 0. The third-order valence-electron chi connectivity index (χ3n) is 4.55. The number of nitrogens with zero attached hydrogens (tertiary/aromatic N) is 1. The van der Waals surface area contributed by atoms with Crippen LogP contribution in [0.5, 0.6) is 0 Å². The first-order valence-electron chi connectivity index (χ1n) is 9.48. The number of amides is 2. The van der Waals surface area contributed by atoms with Gasteiger partial charge < -0.3 is 10.6 Å². The lowest BCUT2D eigenvalue weighted by molar-refractivity contribution is -0.384. The van der Waals surface area contributed by atoms with Crippen LogP contribution in [0.2, 0.25) is 0 Å². The van der Waals surface area contributed by atoms with Crippen LogP contribution < -0.4 is 10.6 Å². The molecule has 0 unspecified atom stereocenters. The predicted molar refractivity (Wildman–Crippen MR) is 123 cm³/mol. The number of para-hydroxylation sites is 1. The number of nitrogens with one attached hydrogen (secondary N) is 2. The molecule has 31 heavy (non-hydrogen) atoms. The third-order valence-corrected chi connectivity index (χ3v) is 5.54. The Bertz CT molecular complexity index is 1110. The summed E-state index contributed by atoms with van der Waals surface area (Å²) >= 11 is 1.36. The molecule has 3 rings (SSSR count). The summed E-state index contributed by atoms with van der Waals surface area (Å²) in [6, 6.07) is 18.4. The first-order chi connectivity index (χ1) is 14.8. The number of nitro groups is 1. The van der Waals surface area contributed by atoms with Crippen LogP contribution >= 0.6 is 11.8 Å². The Balaban J connectivity index is 1.59. The summed E-state index contributed by atoms with van der Waals surface area (Å²) in [5, 5.41) is 16.4. The predicted octanol–water partition coefficient (Wildman–Crippen LogP) is 5.19. The molecule has 7 nitrogen and oxygen atoms in total. The molecular formula is C23H21N3O4S. The van der Waals surface area contributed by atoms with Crippen LogP contribution in [-0.4, -0.2) is 22.5 Å². The van der Waals surface area contributed by atoms with Gasteiger partial charge >= 0.3 is 0 Å². The summed E-state index contributed by atoms with van der Waals surface area (Å²) < 4.78 is 0. The van der Waals surface area contributed by atoms with Crippen molar-refractivity contribution in [3.63, 3.8) is 0 Å². The zero-order valence-electron chi connectivity index (χ0n) is 17.0. The van der Waals surface area contributed by atoms with Gasteiger partial charge in [-0.3, -0.25) is 19.7 Å². The minimum Gasteiger partial charge on any atom is -0.325 e. The van der Waals surface area contributed by atoms with E-state index in [-0.39, 0.29) is 23.3 Å². The fourth-order valence-corrected chi connectivity index (χ4v) is 3.69. The molecule has 158 valence electrons. The molecule has 0 saturated carbocycles. The van der Waals surface area contributed by atoms with E-state index >= 15 is 0 Å². The number of hydrogen-bond acceptors (Lipinski definition) is 5. The maximum absolute atomic E-state index is 12.4. The Morgan fingerprint density at radius 3 is 2.23 bits per heavy atom. The SMILES string of the molecule is Cc1cccc(C)c1NC(=O)CSc1cccc(NC(=O)c2ccc([N+](=O)[O-])cc2)c1. The molecular weight excluding hydrogens is 414 g/mol. The molecule has 0 heterocycles. The number of benzene rings is 3. The molecule has 2 amide bonds. The Labute approximate surface area is 184 Å². The zero-order valence-corrected chi connectivity index (χ0v) is 17.9. The molecule has 0 aliphatic rings. The van der Waals surface area contributed by atoms with Crippen molar-refractivity contribution >= 4 is 40.6 Å². The second-order valence-corrected chi connectivity index (χ2v) is 7.94. The molecule has 0 aromatic heterocycles. The lowest BCUT2D eigenvalue weighted by Gasteiger charge is -2.11. The van der Waals surface area contributed by atoms with E-state index in [0.29, 0.717) is 11.3 Å². The fraction of sp³-hybridized carbons (Fsp3) is 0.130. The number of thioether (sulfide) groups is 1. The molecule has 0 bridgehead atoms. The lowest BCUT2D eigenvalue weighted by Crippen LogP contribution is -2.15. The first-order valence-corrected chi connectivity index (χ1v) is 10.5. The van der Waals surface area contributed by atoms with Gasteiger partial charge in [0.15, 0.2) is 0 Å². The summed E-state index contributed by atoms with van der Waals surface area (Å²) in [5.41, 5.74) is 3.66. The standard InChI is InChI=1S/C23H21N3O4S/c1-15-5-3-6-16(2)22(15)25-21(27)14-31-20-8-4-7-18(13-20)24-23(28)17-9-11-19(12-10-17)26(29)30/h3-13H,14H2,1-2H3,(H,24,28)(H,25,27). The third kappa shape index (κ3) is 5.93. The first kappa shape index (κ1) is 22.0. The molecule has 2 N–H and O–H groups in total. The number of non-ortho nitro benzene ring substituents is 1. The number of carbonyl (C=O) groups excluding carboxylic acids is 2. The van der Waals surface area contributed by atoms with Crippen LogP contribution in [0, 0.1) is 24.0 Å². The number of nitro benzene ring substituents is 1. The number of anilines is 2. The highest BCUT2D eigenvalue weighted by atomic mass is 32.2. The fourth-order valence-electron chi connectivity index (χ4n) is 2.94. The van der Waals surface area contributed by atoms with Gasteiger partial charge in [-0.1, -0.05) is 24.3 Å². The van der Waals surface area contributed by atoms with Crippen molar-refractivity contribution in [3.05, 3.63) is 93.5 Å². The van der Waals surface area contributed by atoms with Crippen LogP contribution in [0.3, 0.4) is 0 Å². The van der Waals surface area contributed by atoms with Crippen LogP contribution in [0.4, 0.5) is 17.1 Å². The molecule has 0 fully saturated rings. The lowest BCUT2D eigenvalue weighted by atomic mass is 10.1. The highest BCUT2D eigenvalue weighted by Crippen LogP contribution is 2.24. The topological polar surface area (TPSA) is 101 Å². The minimum absolute atomic E-state index is 0.0749. The molecule has 0 aliphatic heterocycles. The summed E-state index contributed by atoms with van der Waals surface area (Å²) in [5.74, 6) is -0.249. The van der Waals surface area contributed by atoms with Crippen molar-refractivity contribution in [3.8, 4) is 0 Å². The van der Waals surface area contributed by atoms with Gasteiger partial charge in [0.25, 0.3) is 11.6 Å². The van der Waals surface area contributed by atoms with E-state index in [9.17, 15) is 19.7 Å². The van der Waals surface area contributed by atoms with E-state index in [0.717, 1.165) is 21.7 Å². The van der Waals surface area contributed by atoms with E-state index < -0.39 is 4.92 Å². The molecule has 0 atom stereocenters. The molecule has 8 heteroatoms. The van der Waals surface area contributed by atoms with Gasteiger partial charge in [0.1, 0.15) is 0 Å². The number of aryl methyl sites for hydroxylation is 2. The highest BCUT2D eigenvalue weighted by molar-refractivity contribution is 8.00. The molecule has 0 radical (unpaired) electrons. The molecule has 3 aromatic carbocycles. The van der Waals surface area contributed by atoms with Gasteiger partial charge in [0.2, 0.25) is 5.91 Å². The summed E-state index contributed by atoms with van der Waals surface area (Å²) in [6.45, 7) is 3.90. The van der Waals surface area contributed by atoms with E-state index in [2.05, 4.69) is 10.6 Å². The smallest absolute Gasteiger partial charge is 0.269 e. The number of rotatable bonds is 7. The van der Waals surface area contributed by atoms with Gasteiger partial charge in [-0.2, -0.15) is 0 Å². The molecule has 3 aromatic rings. The van der Waals surface area contributed by atoms with Gasteiger partial charge in [0, 0.05) is 34.0 Å². The Hall–Kier alpha value is -3.65. The van der Waals surface area contributed by atoms with Gasteiger partial charge in [-0.05, 0) is 55.3 Å². The average molecular weight is 436 g/mol. The maximum Gasteiger partial charge on any atom is 0.269 e. The number of carbonyl (C=O) groups is 2. The summed E-state index contributed by atoms with van der Waals surface area (Å²) in [7, 11) is 0. The van der Waals surface area contributed by atoms with Gasteiger partial charge in [-0.15, -0.1) is 11.8 Å². The van der Waals surface area contributed by atoms with E-state index in [1.807, 2.05) is 38.1 Å². The molecule has 0 spiro atoms. The van der Waals surface area contributed by atoms with Crippen LogP contribution in [0.25, 0.3) is 0 Å². The highest BCUT2D eigenvalue weighted by Gasteiger charge is 2.11. The Kier molecular flexibility index (Phi) is 7.04. The van der Waals surface area contributed by atoms with Crippen LogP contribution in [-0.2, 0) is 4.79 Å². The molecule has 0 aliphatic carbocycles. The van der Waals surface area contributed by atoms with Crippen LogP contribution in [0.1, 0.15) is 21.5 Å². The zero-order chi connectivity index (χ0) is 22.4. The van der Waals surface area contributed by atoms with Crippen molar-refractivity contribution in [2.75, 3.05) is 16.4 Å². The van der Waals surface area contributed by atoms with E-state index in [4.69, 9.17) is 0 Å². The van der Waals surface area contributed by atoms with Crippen molar-refractivity contribution in [1.82, 2.24) is 0 Å². The average Bonchev–Trinajstić information content (AvgIpc) is 2.75. The Morgan fingerprint density at radius 1 is 0.935 bits per heavy atom. The second kappa shape index (κ2) is 9.90. The van der Waals surface area contributed by atoms with Gasteiger partial charge in [-0.25, -0.2) is 0 Å². The van der Waals surface area contributed by atoms with Crippen molar-refractivity contribution in [1.29, 1.82) is 0 Å². The van der Waals surface area contributed by atoms with Crippen molar-refractivity contribution in [2.24, 2.45) is 0 Å². The summed E-state index contributed by atoms with van der Waals surface area (Å²) in [4.78, 5) is 35.8. The number of hydrogen-bond donors (Lipinski definition) is 2. The monoisotopic (exact) mass is 435 g/mol. The quantitative estimate of drug-likeness (QED) is 0.302. The largest absolute Gasteiger partial charge is 0.325 e. The Morgan fingerprint density at radius 2 is 1.58 bits per heavy atom. The van der Waals surface area contributed by atoms with Crippen LogP contribution in [0.15, 0.2) is 71.6 Å². The second-order valence-electron chi connectivity index (χ2n) is 6.89. The molecule has 0 saturated heterocycles.